The van der Waals surface area contributed by atoms with Crippen LogP contribution >= 0.6 is 11.6 Å². The Morgan fingerprint density at radius 1 is 1.50 bits per heavy atom. The zero-order valence-electron chi connectivity index (χ0n) is 9.38. The summed E-state index contributed by atoms with van der Waals surface area (Å²) in [5, 5.41) is 0.212. The molecule has 0 spiro atoms. The average Bonchev–Trinajstić information content (AvgIpc) is 2.15. The molecule has 2 nitrogen and oxygen atoms in total. The van der Waals surface area contributed by atoms with Gasteiger partial charge in [0.05, 0.1) is 12.0 Å². The highest BCUT2D eigenvalue weighted by molar-refractivity contribution is 6.31. The highest BCUT2D eigenvalue weighted by Gasteiger charge is 2.20. The summed E-state index contributed by atoms with van der Waals surface area (Å²) in [5.41, 5.74) is 0.522. The Hall–Kier alpha value is -1.09. The first-order valence-electron chi connectivity index (χ1n) is 4.99. The number of halogens is 2. The lowest BCUT2D eigenvalue weighted by Gasteiger charge is -2.15. The molecule has 1 aromatic rings. The Labute approximate surface area is 99.4 Å². The van der Waals surface area contributed by atoms with E-state index in [1.165, 1.54) is 6.07 Å². The Bertz CT molecular complexity index is 391. The van der Waals surface area contributed by atoms with Crippen LogP contribution in [-0.4, -0.2) is 12.1 Å². The van der Waals surface area contributed by atoms with Crippen molar-refractivity contribution in [2.24, 2.45) is 0 Å². The molecule has 1 unspecified atom stereocenters. The van der Waals surface area contributed by atoms with E-state index in [-0.39, 0.29) is 17.1 Å². The predicted molar refractivity (Wildman–Crippen MR) is 59.9 cm³/mol. The number of rotatable bonds is 3. The molecule has 1 rings (SSSR count). The molecule has 1 radical (unpaired) electrons. The van der Waals surface area contributed by atoms with Gasteiger partial charge >= 0.3 is 5.97 Å². The van der Waals surface area contributed by atoms with Gasteiger partial charge in [0.25, 0.3) is 0 Å². The van der Waals surface area contributed by atoms with Crippen molar-refractivity contribution in [1.29, 1.82) is 0 Å². The molecule has 0 amide bonds. The molecular weight excluding hydrogens is 231 g/mol. The molecule has 0 fully saturated rings. The molecule has 16 heavy (non-hydrogen) atoms. The Balaban J connectivity index is 2.87. The first-order chi connectivity index (χ1) is 7.41. The van der Waals surface area contributed by atoms with Crippen LogP contribution in [0.15, 0.2) is 12.1 Å². The second-order valence-electron chi connectivity index (χ2n) is 3.79. The van der Waals surface area contributed by atoms with Gasteiger partial charge in [0, 0.05) is 11.1 Å². The van der Waals surface area contributed by atoms with E-state index in [0.29, 0.717) is 5.56 Å². The zero-order valence-corrected chi connectivity index (χ0v) is 10.1. The van der Waals surface area contributed by atoms with Crippen LogP contribution in [0.25, 0.3) is 0 Å². The lowest BCUT2D eigenvalue weighted by atomic mass is 10.0. The molecule has 0 aliphatic heterocycles. The van der Waals surface area contributed by atoms with Gasteiger partial charge < -0.3 is 4.74 Å². The van der Waals surface area contributed by atoms with Gasteiger partial charge in [-0.3, -0.25) is 4.79 Å². The van der Waals surface area contributed by atoms with E-state index in [0.717, 1.165) is 6.07 Å². The summed E-state index contributed by atoms with van der Waals surface area (Å²) in [4.78, 5) is 11.6. The zero-order chi connectivity index (χ0) is 12.3. The van der Waals surface area contributed by atoms with E-state index >= 15 is 0 Å². The fourth-order valence-corrected chi connectivity index (χ4v) is 1.56. The predicted octanol–water partition coefficient (Wildman–Crippen LogP) is 3.33. The first-order valence-corrected chi connectivity index (χ1v) is 5.36. The number of hydrogen-bond donors (Lipinski definition) is 0. The molecule has 0 aromatic heterocycles. The second kappa shape index (κ2) is 5.30. The van der Waals surface area contributed by atoms with Crippen LogP contribution in [0.4, 0.5) is 4.39 Å². The number of hydrogen-bond acceptors (Lipinski definition) is 2. The standard InChI is InChI=1S/C12H13ClFO2/c1-7(2)16-12(15)8(3)10-5-4-9(14)6-11(10)13/h5-8H,1-3H3. The smallest absolute Gasteiger partial charge is 0.313 e. The van der Waals surface area contributed by atoms with Crippen molar-refractivity contribution in [3.05, 3.63) is 34.6 Å². The molecule has 4 heteroatoms. The lowest BCUT2D eigenvalue weighted by Crippen LogP contribution is -2.17. The number of esters is 1. The molecular formula is C12H13ClFO2. The number of carbonyl (C=O) groups is 1. The quantitative estimate of drug-likeness (QED) is 0.761. The molecule has 0 aliphatic carbocycles. The van der Waals surface area contributed by atoms with Gasteiger partial charge in [-0.25, -0.2) is 4.39 Å². The van der Waals surface area contributed by atoms with Gasteiger partial charge in [0.15, 0.2) is 0 Å². The van der Waals surface area contributed by atoms with E-state index in [2.05, 4.69) is 6.07 Å². The van der Waals surface area contributed by atoms with E-state index in [4.69, 9.17) is 16.3 Å². The molecule has 0 aliphatic rings. The summed E-state index contributed by atoms with van der Waals surface area (Å²) in [6.45, 7) is 5.20. The number of benzene rings is 1. The van der Waals surface area contributed by atoms with Crippen LogP contribution in [-0.2, 0) is 9.53 Å². The maximum Gasteiger partial charge on any atom is 0.313 e. The van der Waals surface area contributed by atoms with Crippen molar-refractivity contribution in [2.75, 3.05) is 0 Å². The van der Waals surface area contributed by atoms with Crippen LogP contribution < -0.4 is 0 Å². The summed E-state index contributed by atoms with van der Waals surface area (Å²) in [6.07, 6.45) is -0.182. The van der Waals surface area contributed by atoms with Crippen LogP contribution in [0.1, 0.15) is 32.3 Å². The van der Waals surface area contributed by atoms with Crippen LogP contribution in [0, 0.1) is 11.9 Å². The van der Waals surface area contributed by atoms with Crippen molar-refractivity contribution in [3.63, 3.8) is 0 Å². The van der Waals surface area contributed by atoms with Crippen molar-refractivity contribution in [2.45, 2.75) is 32.8 Å². The van der Waals surface area contributed by atoms with E-state index < -0.39 is 11.7 Å². The lowest BCUT2D eigenvalue weighted by molar-refractivity contribution is -0.148. The van der Waals surface area contributed by atoms with Gasteiger partial charge in [0.1, 0.15) is 5.82 Å². The Morgan fingerprint density at radius 2 is 2.12 bits per heavy atom. The Morgan fingerprint density at radius 3 is 2.62 bits per heavy atom. The fourth-order valence-electron chi connectivity index (χ4n) is 1.25. The SMILES string of the molecule is CC(C)OC(=O)C(C)c1c[c]c(F)cc1Cl. The summed E-state index contributed by atoms with van der Waals surface area (Å²) in [7, 11) is 0. The van der Waals surface area contributed by atoms with Gasteiger partial charge in [-0.05, 0) is 38.5 Å². The normalized spacial score (nSPS) is 12.6. The van der Waals surface area contributed by atoms with Crippen molar-refractivity contribution in [1.82, 2.24) is 0 Å². The molecule has 0 bridgehead atoms. The minimum absolute atomic E-state index is 0.182. The highest BCUT2D eigenvalue weighted by atomic mass is 35.5. The van der Waals surface area contributed by atoms with Crippen LogP contribution in [0.5, 0.6) is 0 Å². The van der Waals surface area contributed by atoms with E-state index in [9.17, 15) is 9.18 Å². The summed E-state index contributed by atoms with van der Waals surface area (Å²) < 4.78 is 17.8. The molecule has 1 atom stereocenters. The number of carbonyl (C=O) groups excluding carboxylic acids is 1. The molecule has 0 saturated heterocycles. The molecule has 0 saturated carbocycles. The third-order valence-corrected chi connectivity index (χ3v) is 2.39. The van der Waals surface area contributed by atoms with Gasteiger partial charge in [-0.2, -0.15) is 0 Å². The topological polar surface area (TPSA) is 26.3 Å². The minimum Gasteiger partial charge on any atom is -0.463 e. The summed E-state index contributed by atoms with van der Waals surface area (Å²) >= 11 is 5.84. The molecule has 87 valence electrons. The maximum absolute atomic E-state index is 12.8. The largest absolute Gasteiger partial charge is 0.463 e. The third kappa shape index (κ3) is 3.20. The van der Waals surface area contributed by atoms with Gasteiger partial charge in [-0.1, -0.05) is 11.6 Å². The average molecular weight is 244 g/mol. The van der Waals surface area contributed by atoms with Crippen LogP contribution in [0.2, 0.25) is 5.02 Å². The molecule has 1 aromatic carbocycles. The van der Waals surface area contributed by atoms with Gasteiger partial charge in [-0.15, -0.1) is 0 Å². The third-order valence-electron chi connectivity index (χ3n) is 2.07. The highest BCUT2D eigenvalue weighted by Crippen LogP contribution is 2.26. The monoisotopic (exact) mass is 243 g/mol. The second-order valence-corrected chi connectivity index (χ2v) is 4.20. The summed E-state index contributed by atoms with van der Waals surface area (Å²) in [6, 6.07) is 4.88. The minimum atomic E-state index is -0.543. The van der Waals surface area contributed by atoms with E-state index in [1.54, 1.807) is 20.8 Å². The van der Waals surface area contributed by atoms with E-state index in [1.807, 2.05) is 0 Å². The van der Waals surface area contributed by atoms with Crippen molar-refractivity contribution < 1.29 is 13.9 Å². The molecule has 0 N–H and O–H groups in total. The van der Waals surface area contributed by atoms with Gasteiger partial charge in [0.2, 0.25) is 0 Å². The molecule has 0 heterocycles. The first kappa shape index (κ1) is 13.0. The van der Waals surface area contributed by atoms with Crippen molar-refractivity contribution >= 4 is 17.6 Å². The summed E-state index contributed by atoms with van der Waals surface area (Å²) in [5.74, 6) is -1.44. The maximum atomic E-state index is 12.8. The van der Waals surface area contributed by atoms with Crippen LogP contribution in [0.3, 0.4) is 0 Å². The number of ether oxygens (including phenoxy) is 1. The fraction of sp³-hybridized carbons (Fsp3) is 0.417. The Kier molecular flexibility index (Phi) is 4.30. The van der Waals surface area contributed by atoms with Crippen molar-refractivity contribution in [3.8, 4) is 0 Å².